The first-order chi connectivity index (χ1) is 25.9. The summed E-state index contributed by atoms with van der Waals surface area (Å²) in [6, 6.07) is 12.9. The predicted octanol–water partition coefficient (Wildman–Crippen LogP) is 6.37. The van der Waals surface area contributed by atoms with Crippen LogP contribution in [0.1, 0.15) is 95.2 Å². The van der Waals surface area contributed by atoms with Crippen LogP contribution < -0.4 is 5.32 Å². The third-order valence-corrected chi connectivity index (χ3v) is 11.6. The quantitative estimate of drug-likeness (QED) is 0.179. The number of aromatic amines is 2. The third kappa shape index (κ3) is 7.47. The van der Waals surface area contributed by atoms with E-state index in [9.17, 15) is 14.4 Å². The summed E-state index contributed by atoms with van der Waals surface area (Å²) in [6.45, 7) is 12.6. The molecule has 284 valence electrons. The van der Waals surface area contributed by atoms with E-state index in [0.717, 1.165) is 71.5 Å². The Morgan fingerprint density at radius 3 is 2.41 bits per heavy atom. The lowest BCUT2D eigenvalue weighted by Crippen LogP contribution is -2.51. The molecule has 3 saturated heterocycles. The van der Waals surface area contributed by atoms with Gasteiger partial charge in [0, 0.05) is 42.2 Å². The van der Waals surface area contributed by atoms with E-state index >= 15 is 0 Å². The first-order valence-corrected chi connectivity index (χ1v) is 19.2. The van der Waals surface area contributed by atoms with Crippen molar-refractivity contribution >= 4 is 28.9 Å². The number of amides is 3. The number of imidazole rings is 2. The van der Waals surface area contributed by atoms with Crippen molar-refractivity contribution < 1.29 is 23.9 Å². The lowest BCUT2D eigenvalue weighted by atomic mass is 9.85. The molecule has 3 aliphatic rings. The Morgan fingerprint density at radius 2 is 1.70 bits per heavy atom. The molecule has 0 bridgehead atoms. The van der Waals surface area contributed by atoms with Gasteiger partial charge in [0.1, 0.15) is 17.7 Å². The number of nitrogens with zero attached hydrogens (tertiary/aromatic N) is 4. The molecule has 2 aromatic heterocycles. The molecule has 2 aromatic carbocycles. The van der Waals surface area contributed by atoms with Gasteiger partial charge in [0.05, 0.1) is 48.7 Å². The minimum absolute atomic E-state index is 0.0188. The van der Waals surface area contributed by atoms with Crippen LogP contribution in [-0.2, 0) is 19.1 Å². The maximum Gasteiger partial charge on any atom is 0.407 e. The molecule has 0 radical (unpaired) electrons. The second kappa shape index (κ2) is 15.3. The SMILES string of the molecule is COC(=O)N[C@H](C(=O)N1C[C@]2(CCOC2)C[C@H]1c1nc2ccc(C#Cc3ccc(-c4cnc([C@@H]5CCCN5C(=O)[C@@H](C)C(C)C)[nH]4)cc3)cc2[nH]1)C(C)C. The van der Waals surface area contributed by atoms with Crippen LogP contribution in [0, 0.1) is 35.0 Å². The topological polar surface area (TPSA) is 146 Å². The van der Waals surface area contributed by atoms with E-state index in [0.29, 0.717) is 31.5 Å². The Balaban J connectivity index is 1.06. The molecule has 54 heavy (non-hydrogen) atoms. The molecular weight excluding hydrogens is 683 g/mol. The third-order valence-electron chi connectivity index (χ3n) is 11.6. The van der Waals surface area contributed by atoms with Crippen molar-refractivity contribution in [1.29, 1.82) is 0 Å². The van der Waals surface area contributed by atoms with Crippen LogP contribution in [-0.4, -0.2) is 87.1 Å². The number of fused-ring (bicyclic) bond motifs is 1. The van der Waals surface area contributed by atoms with Gasteiger partial charge >= 0.3 is 6.09 Å². The van der Waals surface area contributed by atoms with E-state index in [-0.39, 0.29) is 41.1 Å². The first-order valence-electron chi connectivity index (χ1n) is 19.2. The van der Waals surface area contributed by atoms with Gasteiger partial charge in [0.15, 0.2) is 0 Å². The summed E-state index contributed by atoms with van der Waals surface area (Å²) in [5.74, 6) is 8.32. The summed E-state index contributed by atoms with van der Waals surface area (Å²) in [6.07, 6.45) is 4.70. The number of hydrogen-bond acceptors (Lipinski definition) is 7. The van der Waals surface area contributed by atoms with Gasteiger partial charge in [-0.15, -0.1) is 0 Å². The molecule has 3 aliphatic heterocycles. The minimum atomic E-state index is -0.729. The number of benzene rings is 2. The number of rotatable bonds is 8. The van der Waals surface area contributed by atoms with Crippen molar-refractivity contribution in [2.75, 3.05) is 33.4 Å². The van der Waals surface area contributed by atoms with Crippen molar-refractivity contribution in [1.82, 2.24) is 35.1 Å². The molecule has 5 heterocycles. The molecule has 12 heteroatoms. The second-order valence-corrected chi connectivity index (χ2v) is 15.9. The highest BCUT2D eigenvalue weighted by Gasteiger charge is 2.51. The Bertz CT molecular complexity index is 2070. The van der Waals surface area contributed by atoms with Crippen molar-refractivity contribution in [2.45, 2.75) is 78.4 Å². The number of likely N-dealkylation sites (tertiary alicyclic amines) is 2. The average molecular weight is 734 g/mol. The molecule has 3 N–H and O–H groups in total. The van der Waals surface area contributed by atoms with Crippen LogP contribution in [0.15, 0.2) is 48.7 Å². The summed E-state index contributed by atoms with van der Waals surface area (Å²) in [4.78, 5) is 59.8. The number of H-pyrrole nitrogens is 2. The number of nitrogens with one attached hydrogen (secondary N) is 3. The van der Waals surface area contributed by atoms with Crippen LogP contribution in [0.3, 0.4) is 0 Å². The zero-order chi connectivity index (χ0) is 38.1. The number of aromatic nitrogens is 4. The van der Waals surface area contributed by atoms with E-state index in [1.54, 1.807) is 0 Å². The number of hydrogen-bond donors (Lipinski definition) is 3. The van der Waals surface area contributed by atoms with Crippen LogP contribution in [0.4, 0.5) is 4.79 Å². The predicted molar refractivity (Wildman–Crippen MR) is 205 cm³/mol. The number of carbonyl (C=O) groups excluding carboxylic acids is 3. The van der Waals surface area contributed by atoms with Gasteiger partial charge in [0.2, 0.25) is 11.8 Å². The van der Waals surface area contributed by atoms with Crippen molar-refractivity contribution in [3.05, 3.63) is 71.4 Å². The average Bonchev–Trinajstić information content (AvgIpc) is 4.02. The highest BCUT2D eigenvalue weighted by molar-refractivity contribution is 5.87. The summed E-state index contributed by atoms with van der Waals surface area (Å²) in [5.41, 5.74) is 5.11. The summed E-state index contributed by atoms with van der Waals surface area (Å²) in [5, 5.41) is 2.74. The zero-order valence-corrected chi connectivity index (χ0v) is 32.1. The van der Waals surface area contributed by atoms with Crippen LogP contribution in [0.25, 0.3) is 22.3 Å². The second-order valence-electron chi connectivity index (χ2n) is 15.9. The normalized spacial score (nSPS) is 22.2. The molecule has 3 amide bonds. The van der Waals surface area contributed by atoms with E-state index in [1.807, 2.05) is 79.2 Å². The fraction of sp³-hybridized carbons (Fsp3) is 0.500. The smallest absolute Gasteiger partial charge is 0.407 e. The maximum atomic E-state index is 14.0. The summed E-state index contributed by atoms with van der Waals surface area (Å²) < 4.78 is 10.6. The molecule has 3 fully saturated rings. The number of carbonyl (C=O) groups is 3. The largest absolute Gasteiger partial charge is 0.453 e. The Labute approximate surface area is 316 Å². The van der Waals surface area contributed by atoms with Gasteiger partial charge in [-0.1, -0.05) is 58.6 Å². The van der Waals surface area contributed by atoms with Crippen molar-refractivity contribution in [3.8, 4) is 23.1 Å². The molecule has 1 spiro atoms. The monoisotopic (exact) mass is 733 g/mol. The highest BCUT2D eigenvalue weighted by atomic mass is 16.5. The molecular formula is C42H51N7O5. The fourth-order valence-electron chi connectivity index (χ4n) is 8.00. The van der Waals surface area contributed by atoms with E-state index in [1.165, 1.54) is 7.11 Å². The van der Waals surface area contributed by atoms with Gasteiger partial charge in [-0.25, -0.2) is 14.8 Å². The number of methoxy groups -OCH3 is 1. The molecule has 0 saturated carbocycles. The van der Waals surface area contributed by atoms with Gasteiger partial charge in [0.25, 0.3) is 0 Å². The number of alkyl carbamates (subject to hydrolysis) is 1. The van der Waals surface area contributed by atoms with Crippen LogP contribution >= 0.6 is 0 Å². The lowest BCUT2D eigenvalue weighted by Gasteiger charge is -2.30. The summed E-state index contributed by atoms with van der Waals surface area (Å²) in [7, 11) is 1.30. The van der Waals surface area contributed by atoms with Gasteiger partial charge in [-0.2, -0.15) is 0 Å². The van der Waals surface area contributed by atoms with Crippen LogP contribution in [0.5, 0.6) is 0 Å². The van der Waals surface area contributed by atoms with Crippen molar-refractivity contribution in [2.24, 2.45) is 23.2 Å². The first kappa shape index (κ1) is 37.2. The Kier molecular flexibility index (Phi) is 10.5. The molecule has 0 aliphatic carbocycles. The lowest BCUT2D eigenvalue weighted by molar-refractivity contribution is -0.137. The van der Waals surface area contributed by atoms with Crippen molar-refractivity contribution in [3.63, 3.8) is 0 Å². The maximum absolute atomic E-state index is 14.0. The van der Waals surface area contributed by atoms with Gasteiger partial charge in [-0.05, 0) is 73.4 Å². The molecule has 4 aromatic rings. The van der Waals surface area contributed by atoms with E-state index in [4.69, 9.17) is 19.4 Å². The molecule has 7 rings (SSSR count). The highest BCUT2D eigenvalue weighted by Crippen LogP contribution is 2.48. The van der Waals surface area contributed by atoms with E-state index in [2.05, 4.69) is 41.0 Å². The van der Waals surface area contributed by atoms with Crippen LogP contribution in [0.2, 0.25) is 0 Å². The zero-order valence-electron chi connectivity index (χ0n) is 32.1. The Morgan fingerprint density at radius 1 is 0.944 bits per heavy atom. The van der Waals surface area contributed by atoms with Gasteiger partial charge < -0.3 is 34.6 Å². The summed E-state index contributed by atoms with van der Waals surface area (Å²) >= 11 is 0. The standard InChI is InChI=1S/C42H51N7O5/c1-25(2)27(5)39(50)48-18-7-8-34(48)37-43-22-33(46-37)30-14-11-28(12-15-30)9-10-29-13-16-31-32(20-29)45-38(44-31)35-21-42(17-19-54-24-42)23-49(35)40(51)36(26(3)4)47-41(52)53-6/h11-16,20,22,25-27,34-36H,7-8,17-19,21,23-24H2,1-6H3,(H,43,46)(H,44,45)(H,47,52)/t27-,34-,35-,36-,42-/m0/s1. The van der Waals surface area contributed by atoms with Gasteiger partial charge in [-0.3, -0.25) is 9.59 Å². The minimum Gasteiger partial charge on any atom is -0.453 e. The Hall–Kier alpha value is -5.15. The molecule has 12 nitrogen and oxygen atoms in total. The number of ether oxygens (including phenoxy) is 2. The molecule has 0 unspecified atom stereocenters. The van der Waals surface area contributed by atoms with E-state index < -0.39 is 12.1 Å². The fourth-order valence-corrected chi connectivity index (χ4v) is 8.00. The molecule has 5 atom stereocenters.